The van der Waals surface area contributed by atoms with Crippen molar-refractivity contribution in [1.82, 2.24) is 0 Å². The topological polar surface area (TPSA) is 0 Å². The van der Waals surface area contributed by atoms with Gasteiger partial charge in [-0.25, -0.2) is 8.78 Å². The molecule has 0 N–H and O–H groups in total. The molecule has 0 unspecified atom stereocenters. The lowest BCUT2D eigenvalue weighted by atomic mass is 9.92. The van der Waals surface area contributed by atoms with Crippen LogP contribution >= 0.6 is 0 Å². The van der Waals surface area contributed by atoms with E-state index in [1.165, 1.54) is 0 Å². The van der Waals surface area contributed by atoms with Crippen molar-refractivity contribution in [2.45, 2.75) is 0 Å². The van der Waals surface area contributed by atoms with Crippen LogP contribution in [-0.2, 0) is 0 Å². The third-order valence-electron chi connectivity index (χ3n) is 7.20. The van der Waals surface area contributed by atoms with Crippen molar-refractivity contribution in [2.24, 2.45) is 0 Å². The fourth-order valence-corrected chi connectivity index (χ4v) is 5.45. The molecule has 0 atom stereocenters. The lowest BCUT2D eigenvalue weighted by Crippen LogP contribution is -1.93. The van der Waals surface area contributed by atoms with Crippen molar-refractivity contribution in [2.75, 3.05) is 0 Å². The molecule has 36 heavy (non-hydrogen) atoms. The fourth-order valence-electron chi connectivity index (χ4n) is 5.45. The molecule has 7 aromatic carbocycles. The molecule has 0 radical (unpaired) electrons. The predicted octanol–water partition coefficient (Wildman–Crippen LogP) is 9.91. The van der Waals surface area contributed by atoms with Gasteiger partial charge in [0.1, 0.15) is 0 Å². The highest BCUT2D eigenvalue weighted by molar-refractivity contribution is 6.11. The Hall–Kier alpha value is -4.56. The molecule has 0 saturated heterocycles. The van der Waals surface area contributed by atoms with Gasteiger partial charge in [0.05, 0.1) is 0 Å². The average molecular weight is 467 g/mol. The Morgan fingerprint density at radius 2 is 0.750 bits per heavy atom. The van der Waals surface area contributed by atoms with Crippen molar-refractivity contribution in [3.05, 3.63) is 133 Å². The smallest absolute Gasteiger partial charge is 0.167 e. The number of halogens is 2. The van der Waals surface area contributed by atoms with Gasteiger partial charge >= 0.3 is 0 Å². The second-order valence-corrected chi connectivity index (χ2v) is 9.20. The van der Waals surface area contributed by atoms with Crippen LogP contribution in [0.1, 0.15) is 0 Å². The maximum atomic E-state index is 15.5. The third kappa shape index (κ3) is 3.11. The molecule has 0 heterocycles. The Labute approximate surface area is 207 Å². The first-order chi connectivity index (χ1) is 17.7. The second kappa shape index (κ2) is 8.00. The number of fused-ring (bicyclic) bond motifs is 5. The SMILES string of the molecule is Fc1c(F)c2cc(-c3cccc4ccccc34)ccc2c2ccc(-c3cccc4ccccc34)cc12. The van der Waals surface area contributed by atoms with Crippen molar-refractivity contribution in [3.8, 4) is 22.3 Å². The van der Waals surface area contributed by atoms with Gasteiger partial charge in [-0.15, -0.1) is 0 Å². The van der Waals surface area contributed by atoms with Crippen molar-refractivity contribution in [3.63, 3.8) is 0 Å². The van der Waals surface area contributed by atoms with E-state index in [1.54, 1.807) is 12.1 Å². The number of hydrogen-bond acceptors (Lipinski definition) is 0. The quantitative estimate of drug-likeness (QED) is 0.222. The van der Waals surface area contributed by atoms with Gasteiger partial charge in [0.2, 0.25) is 0 Å². The van der Waals surface area contributed by atoms with E-state index >= 15 is 8.78 Å². The molecule has 7 rings (SSSR count). The largest absolute Gasteiger partial charge is 0.203 e. The highest BCUT2D eigenvalue weighted by Crippen LogP contribution is 2.38. The van der Waals surface area contributed by atoms with E-state index in [0.29, 0.717) is 21.5 Å². The first kappa shape index (κ1) is 20.8. The minimum atomic E-state index is -0.811. The zero-order chi connectivity index (χ0) is 24.2. The highest BCUT2D eigenvalue weighted by atomic mass is 19.2. The van der Waals surface area contributed by atoms with Gasteiger partial charge in [0.25, 0.3) is 0 Å². The highest BCUT2D eigenvalue weighted by Gasteiger charge is 2.17. The maximum absolute atomic E-state index is 15.5. The Balaban J connectivity index is 1.45. The average Bonchev–Trinajstić information content (AvgIpc) is 2.95. The Morgan fingerprint density at radius 1 is 0.333 bits per heavy atom. The molecule has 170 valence electrons. The molecule has 0 bridgehead atoms. The third-order valence-corrected chi connectivity index (χ3v) is 7.20. The summed E-state index contributed by atoms with van der Waals surface area (Å²) < 4.78 is 31.1. The molecule has 0 aliphatic carbocycles. The van der Waals surface area contributed by atoms with Crippen LogP contribution in [0.15, 0.2) is 121 Å². The first-order valence-corrected chi connectivity index (χ1v) is 12.0. The van der Waals surface area contributed by atoms with Crippen LogP contribution in [0.25, 0.3) is 65.3 Å². The van der Waals surface area contributed by atoms with Gasteiger partial charge in [-0.05, 0) is 66.7 Å². The Bertz CT molecular complexity index is 1810. The Kier molecular flexibility index (Phi) is 4.62. The van der Waals surface area contributed by atoms with E-state index in [-0.39, 0.29) is 0 Å². The molecule has 0 amide bonds. The minimum Gasteiger partial charge on any atom is -0.203 e. The lowest BCUT2D eigenvalue weighted by molar-refractivity contribution is 0.525. The fraction of sp³-hybridized carbons (Fsp3) is 0. The number of benzene rings is 7. The van der Waals surface area contributed by atoms with Crippen molar-refractivity contribution in [1.29, 1.82) is 0 Å². The molecule has 0 saturated carbocycles. The van der Waals surface area contributed by atoms with Crippen LogP contribution in [0.2, 0.25) is 0 Å². The molecule has 7 aromatic rings. The van der Waals surface area contributed by atoms with E-state index in [2.05, 4.69) is 36.4 Å². The first-order valence-electron chi connectivity index (χ1n) is 12.0. The normalized spacial score (nSPS) is 11.6. The van der Waals surface area contributed by atoms with Crippen LogP contribution in [0.5, 0.6) is 0 Å². The summed E-state index contributed by atoms with van der Waals surface area (Å²) >= 11 is 0. The van der Waals surface area contributed by atoms with E-state index in [1.807, 2.05) is 72.8 Å². The monoisotopic (exact) mass is 466 g/mol. The molecular weight excluding hydrogens is 446 g/mol. The second-order valence-electron chi connectivity index (χ2n) is 9.20. The maximum Gasteiger partial charge on any atom is 0.167 e. The molecule has 0 aliphatic heterocycles. The van der Waals surface area contributed by atoms with Crippen LogP contribution in [0, 0.1) is 11.6 Å². The zero-order valence-corrected chi connectivity index (χ0v) is 19.3. The van der Waals surface area contributed by atoms with Crippen LogP contribution in [0.4, 0.5) is 8.78 Å². The lowest BCUT2D eigenvalue weighted by Gasteiger charge is -2.13. The van der Waals surface area contributed by atoms with Gasteiger partial charge in [-0.2, -0.15) is 0 Å². The molecule has 0 spiro atoms. The van der Waals surface area contributed by atoms with Gasteiger partial charge in [0.15, 0.2) is 11.6 Å². The van der Waals surface area contributed by atoms with Crippen molar-refractivity contribution >= 4 is 43.1 Å². The van der Waals surface area contributed by atoms with Gasteiger partial charge in [-0.3, -0.25) is 0 Å². The van der Waals surface area contributed by atoms with Crippen LogP contribution in [-0.4, -0.2) is 0 Å². The molecular formula is C34H20F2. The molecule has 0 aliphatic rings. The summed E-state index contributed by atoms with van der Waals surface area (Å²) in [7, 11) is 0. The summed E-state index contributed by atoms with van der Waals surface area (Å²) in [6.07, 6.45) is 0. The summed E-state index contributed by atoms with van der Waals surface area (Å²) in [5.41, 5.74) is 3.73. The summed E-state index contributed by atoms with van der Waals surface area (Å²) in [6.45, 7) is 0. The van der Waals surface area contributed by atoms with E-state index in [4.69, 9.17) is 0 Å². The van der Waals surface area contributed by atoms with Gasteiger partial charge in [0, 0.05) is 10.8 Å². The van der Waals surface area contributed by atoms with Gasteiger partial charge < -0.3 is 0 Å². The van der Waals surface area contributed by atoms with E-state index in [0.717, 1.165) is 43.8 Å². The van der Waals surface area contributed by atoms with E-state index < -0.39 is 11.6 Å². The number of hydrogen-bond donors (Lipinski definition) is 0. The minimum absolute atomic E-state index is 0.295. The number of rotatable bonds is 2. The zero-order valence-electron chi connectivity index (χ0n) is 19.3. The van der Waals surface area contributed by atoms with E-state index in [9.17, 15) is 0 Å². The molecule has 2 heteroatoms. The van der Waals surface area contributed by atoms with Crippen LogP contribution < -0.4 is 0 Å². The molecule has 0 fully saturated rings. The predicted molar refractivity (Wildman–Crippen MR) is 147 cm³/mol. The summed E-state index contributed by atoms with van der Waals surface area (Å²) in [6, 6.07) is 39.7. The molecule has 0 aromatic heterocycles. The van der Waals surface area contributed by atoms with Crippen LogP contribution in [0.3, 0.4) is 0 Å². The molecule has 0 nitrogen and oxygen atoms in total. The standard InChI is InChI=1S/C34H20F2/c35-33-31-19-23(27-13-5-9-21-7-1-3-11-25(21)27)15-17-29(31)30-18-16-24(20-32(30)34(33)36)28-14-6-10-22-8-2-4-12-26(22)28/h1-20H. The Morgan fingerprint density at radius 3 is 1.22 bits per heavy atom. The van der Waals surface area contributed by atoms with Crippen molar-refractivity contribution < 1.29 is 8.78 Å². The summed E-state index contributed by atoms with van der Waals surface area (Å²) in [4.78, 5) is 0. The van der Waals surface area contributed by atoms with Gasteiger partial charge in [-0.1, -0.05) is 109 Å². The summed E-state index contributed by atoms with van der Waals surface area (Å²) in [5, 5.41) is 6.39. The summed E-state index contributed by atoms with van der Waals surface area (Å²) in [5.74, 6) is -1.62.